The monoisotopic (exact) mass is 230 g/mol. The van der Waals surface area contributed by atoms with Crippen LogP contribution in [0.5, 0.6) is 0 Å². The molecule has 0 saturated carbocycles. The predicted molar refractivity (Wildman–Crippen MR) is 29.7 cm³/mol. The van der Waals surface area contributed by atoms with Crippen LogP contribution >= 0.6 is 12.4 Å². The van der Waals surface area contributed by atoms with Crippen LogP contribution in [0.15, 0.2) is 0 Å². The van der Waals surface area contributed by atoms with Crippen LogP contribution in [-0.2, 0) is 31.8 Å². The molecular weight excluding hydrogens is 226 g/mol. The second kappa shape index (κ2) is 9.64. The molecule has 0 atom stereocenters. The molecule has 0 aromatic carbocycles. The third-order valence-electron chi connectivity index (χ3n) is 0.0942. The van der Waals surface area contributed by atoms with E-state index in [1.165, 1.54) is 0 Å². The maximum atomic E-state index is 9.08. The molecule has 0 fully saturated rings. The molecule has 0 aliphatic rings. The van der Waals surface area contributed by atoms with Crippen molar-refractivity contribution in [3.05, 3.63) is 0 Å². The summed E-state index contributed by atoms with van der Waals surface area (Å²) in [4.78, 5) is 0. The molecule has 0 heterocycles. The van der Waals surface area contributed by atoms with E-state index in [-0.39, 0.29) is 59.0 Å². The molecule has 0 aromatic heterocycles. The fourth-order valence-corrected chi connectivity index (χ4v) is 0. The Labute approximate surface area is 91.2 Å². The summed E-state index contributed by atoms with van der Waals surface area (Å²) in [7, 11) is -4.61. The molecule has 56 valence electrons. The van der Waals surface area contributed by atoms with Gasteiger partial charge in [0.1, 0.15) is 0 Å². The van der Waals surface area contributed by atoms with Gasteiger partial charge in [-0.1, -0.05) is 4.33 Å². The van der Waals surface area contributed by atoms with Crippen LogP contribution in [0.3, 0.4) is 0 Å². The summed E-state index contributed by atoms with van der Waals surface area (Å²) in [6, 6.07) is 0. The zero-order chi connectivity index (χ0) is 5.21. The molecule has 0 amide bonds. The van der Waals surface area contributed by atoms with Crippen molar-refractivity contribution in [2.24, 2.45) is 0 Å². The molecule has 5 nitrogen and oxygen atoms in total. The summed E-state index contributed by atoms with van der Waals surface area (Å²) in [5.41, 5.74) is 0. The van der Waals surface area contributed by atoms with Crippen LogP contribution in [0.2, 0.25) is 0 Å². The van der Waals surface area contributed by atoms with Gasteiger partial charge in [0, 0.05) is 17.1 Å². The Hall–Kier alpha value is 1.64. The van der Waals surface area contributed by atoms with Crippen molar-refractivity contribution in [3.63, 3.8) is 0 Å². The van der Waals surface area contributed by atoms with Gasteiger partial charge in [-0.25, -0.2) is 5.26 Å². The number of hydrogen-bond acceptors (Lipinski definition) is 4. The normalized spacial score (nSPS) is 7.78. The third-order valence-corrected chi connectivity index (χ3v) is 0.283. The van der Waals surface area contributed by atoms with Crippen LogP contribution in [0.1, 0.15) is 0 Å². The van der Waals surface area contributed by atoms with Gasteiger partial charge in [0.05, 0.1) is 0 Å². The predicted octanol–water partition coefficient (Wildman–Crippen LogP) is -0.950. The van der Waals surface area contributed by atoms with Gasteiger partial charge in [0.25, 0.3) is 0 Å². The number of hydrogen-bond donors (Lipinski definition) is 2. The maximum absolute atomic E-state index is 9.08. The van der Waals surface area contributed by atoms with Crippen molar-refractivity contribution in [3.8, 4) is 0 Å². The molecule has 0 bridgehead atoms. The molecule has 2 N–H and O–H groups in total. The summed E-state index contributed by atoms with van der Waals surface area (Å²) in [5, 5.41) is 7.06. The molecule has 9 heteroatoms. The Bertz CT molecular complexity index is 119. The fraction of sp³-hybridized carbons (Fsp3) is 0. The van der Waals surface area contributed by atoms with Crippen molar-refractivity contribution in [1.82, 2.24) is 0 Å². The van der Waals surface area contributed by atoms with Crippen molar-refractivity contribution in [2.45, 2.75) is 0 Å². The molecule has 0 rings (SSSR count). The Morgan fingerprint density at radius 1 is 1.33 bits per heavy atom. The Balaban J connectivity index is -0.0000000417. The molecule has 0 aliphatic heterocycles. The quantitative estimate of drug-likeness (QED) is 0.263. The van der Waals surface area contributed by atoms with E-state index in [2.05, 4.69) is 4.33 Å². The van der Waals surface area contributed by atoms with Crippen molar-refractivity contribution in [2.75, 3.05) is 0 Å². The molecule has 0 aliphatic carbocycles. The van der Waals surface area contributed by atoms with Crippen LogP contribution in [0.4, 0.5) is 0 Å². The van der Waals surface area contributed by atoms with Crippen molar-refractivity contribution < 1.29 is 39.6 Å². The molecule has 0 saturated heterocycles. The second-order valence-electron chi connectivity index (χ2n) is 0.502. The molecule has 0 spiro atoms. The van der Waals surface area contributed by atoms with Crippen LogP contribution in [-0.4, -0.2) is 47.8 Å². The zero-order valence-corrected chi connectivity index (χ0v) is 6.03. The van der Waals surface area contributed by atoms with E-state index in [0.29, 0.717) is 0 Å². The van der Waals surface area contributed by atoms with Crippen LogP contribution < -0.4 is 0 Å². The van der Waals surface area contributed by atoms with E-state index in [1.807, 2.05) is 0 Å². The van der Waals surface area contributed by atoms with Gasteiger partial charge < -0.3 is 0 Å². The first-order valence-corrected chi connectivity index (χ1v) is 2.23. The van der Waals surface area contributed by atoms with Crippen molar-refractivity contribution >= 4 is 52.4 Å². The van der Waals surface area contributed by atoms with E-state index >= 15 is 0 Å². The van der Waals surface area contributed by atoms with Crippen molar-refractivity contribution in [1.29, 1.82) is 0 Å². The van der Waals surface area contributed by atoms with Gasteiger partial charge in [-0.15, -0.1) is 12.4 Å². The minimum absolute atomic E-state index is 0. The van der Waals surface area contributed by atoms with E-state index in [4.69, 9.17) is 18.2 Å². The number of rotatable bonds is 1. The second-order valence-corrected chi connectivity index (χ2v) is 1.51. The zero-order valence-electron chi connectivity index (χ0n) is 3.29. The van der Waals surface area contributed by atoms with E-state index in [9.17, 15) is 0 Å². The van der Waals surface area contributed by atoms with Gasteiger partial charge >= 0.3 is 40.0 Å². The number of halogens is 1. The fourth-order valence-electron chi connectivity index (χ4n) is 0. The molecule has 0 radical (unpaired) electrons. The molecule has 0 aromatic rings. The van der Waals surface area contributed by atoms with Gasteiger partial charge in [-0.3, -0.25) is 4.55 Å². The molecule has 0 unspecified atom stereocenters. The van der Waals surface area contributed by atoms with Gasteiger partial charge in [0.2, 0.25) is 0 Å². The Kier molecular flexibility index (Phi) is 24.0. The summed E-state index contributed by atoms with van der Waals surface area (Å²) < 4.78 is 28.0. The van der Waals surface area contributed by atoms with Crippen LogP contribution in [0, 0.1) is 0 Å². The Morgan fingerprint density at radius 3 is 1.44 bits per heavy atom. The molecule has 9 heavy (non-hydrogen) atoms. The first-order valence-electron chi connectivity index (χ1n) is 0.865. The first kappa shape index (κ1) is 22.4. The van der Waals surface area contributed by atoms with Gasteiger partial charge in [-0.05, 0) is 0 Å². The first-order chi connectivity index (χ1) is 2.56. The van der Waals surface area contributed by atoms with Gasteiger partial charge in [0.15, 0.2) is 0 Å². The summed E-state index contributed by atoms with van der Waals surface area (Å²) in [6.45, 7) is 0. The topological polar surface area (TPSA) is 83.8 Å². The third kappa shape index (κ3) is 26.1. The average molecular weight is 230 g/mol. The van der Waals surface area contributed by atoms with Gasteiger partial charge in [-0.2, -0.15) is 8.42 Å². The standard InChI is InChI=1S/ClH.Fe.Na.H2O5S.H/c;;;1-5-6(2,3)4;/h1H;;;1H,(H,2,3,4);. The van der Waals surface area contributed by atoms with Crippen LogP contribution in [0.25, 0.3) is 0 Å². The van der Waals surface area contributed by atoms with E-state index in [0.717, 1.165) is 0 Å². The molecular formula is H4ClFeNaO5S. The minimum atomic E-state index is -4.61. The summed E-state index contributed by atoms with van der Waals surface area (Å²) in [6.07, 6.45) is 0. The summed E-state index contributed by atoms with van der Waals surface area (Å²) in [5.74, 6) is 0. The van der Waals surface area contributed by atoms with E-state index in [1.54, 1.807) is 0 Å². The SMILES string of the molecule is Cl.O=S(=O)(O)OO.[Fe].[NaH]. The Morgan fingerprint density at radius 2 is 1.44 bits per heavy atom. The summed E-state index contributed by atoms with van der Waals surface area (Å²) >= 11 is 0. The van der Waals surface area contributed by atoms with E-state index < -0.39 is 10.4 Å². The average Bonchev–Trinajstić information content (AvgIpc) is 1.35.